The van der Waals surface area contributed by atoms with Crippen molar-refractivity contribution in [3.63, 3.8) is 0 Å². The highest BCUT2D eigenvalue weighted by Crippen LogP contribution is 2.37. The van der Waals surface area contributed by atoms with E-state index in [1.807, 2.05) is 0 Å². The highest BCUT2D eigenvalue weighted by Gasteiger charge is 2.33. The molecular formula is C18H18N2O4S2. The van der Waals surface area contributed by atoms with Gasteiger partial charge in [0.2, 0.25) is 0 Å². The summed E-state index contributed by atoms with van der Waals surface area (Å²) in [4.78, 5) is 26.1. The zero-order valence-electron chi connectivity index (χ0n) is 14.8. The summed E-state index contributed by atoms with van der Waals surface area (Å²) in [5.41, 5.74) is 1.14. The van der Waals surface area contributed by atoms with E-state index in [1.54, 1.807) is 24.3 Å². The molecule has 0 N–H and O–H groups in total. The first kappa shape index (κ1) is 18.5. The third-order valence-corrected chi connectivity index (χ3v) is 4.94. The van der Waals surface area contributed by atoms with E-state index in [9.17, 15) is 18.0 Å². The lowest BCUT2D eigenvalue weighted by Gasteiger charge is -2.20. The molecule has 0 saturated carbocycles. The lowest BCUT2D eigenvalue weighted by Crippen LogP contribution is -2.21. The Bertz CT molecular complexity index is 1100. The summed E-state index contributed by atoms with van der Waals surface area (Å²) < 4.78 is 32.4. The molecule has 0 saturated heterocycles. The SMILES string of the molecule is CS(C)(=O)=Nc1cccc2c1C(=O)c1cccc(N=S(C)(C)=O)c1C2=O. The predicted octanol–water partition coefficient (Wildman–Crippen LogP) is 3.18. The quantitative estimate of drug-likeness (QED) is 0.672. The van der Waals surface area contributed by atoms with E-state index in [0.717, 1.165) is 0 Å². The van der Waals surface area contributed by atoms with Crippen LogP contribution < -0.4 is 0 Å². The first-order chi connectivity index (χ1) is 12.0. The van der Waals surface area contributed by atoms with Gasteiger partial charge >= 0.3 is 0 Å². The zero-order chi connectivity index (χ0) is 19.3. The van der Waals surface area contributed by atoms with Crippen LogP contribution >= 0.6 is 0 Å². The van der Waals surface area contributed by atoms with Crippen LogP contribution in [0.4, 0.5) is 11.4 Å². The van der Waals surface area contributed by atoms with Crippen LogP contribution in [-0.4, -0.2) is 45.0 Å². The molecule has 8 heteroatoms. The molecule has 1 aliphatic carbocycles. The summed E-state index contributed by atoms with van der Waals surface area (Å²) in [6.07, 6.45) is 5.86. The normalized spacial score (nSPS) is 13.8. The number of nitrogens with zero attached hydrogens (tertiary/aromatic N) is 2. The zero-order valence-corrected chi connectivity index (χ0v) is 16.4. The molecule has 0 heterocycles. The van der Waals surface area contributed by atoms with Crippen molar-refractivity contribution in [3.05, 3.63) is 58.7 Å². The van der Waals surface area contributed by atoms with Gasteiger partial charge in [0.15, 0.2) is 11.6 Å². The fourth-order valence-electron chi connectivity index (χ4n) is 2.83. The van der Waals surface area contributed by atoms with Crippen molar-refractivity contribution >= 4 is 42.4 Å². The van der Waals surface area contributed by atoms with Crippen LogP contribution in [-0.2, 0) is 19.5 Å². The van der Waals surface area contributed by atoms with Gasteiger partial charge in [0.1, 0.15) is 0 Å². The van der Waals surface area contributed by atoms with Crippen molar-refractivity contribution < 1.29 is 18.0 Å². The Morgan fingerprint density at radius 3 is 1.31 bits per heavy atom. The lowest BCUT2D eigenvalue weighted by atomic mass is 9.82. The Hall–Kier alpha value is -2.32. The standard InChI is InChI=1S/C18H18N2O4S2/c1-25(2,23)19-13-9-5-7-11-15(13)17(21)12-8-6-10-14(16(12)18(11)22)20-26(3,4)24/h5-10H,1-4H3. The number of rotatable bonds is 2. The van der Waals surface area contributed by atoms with Gasteiger partial charge in [0.05, 0.1) is 22.5 Å². The molecule has 0 aromatic heterocycles. The average molecular weight is 390 g/mol. The molecule has 0 spiro atoms. The molecule has 0 bridgehead atoms. The number of carbonyl (C=O) groups excluding carboxylic acids is 2. The largest absolute Gasteiger partial charge is 0.288 e. The Morgan fingerprint density at radius 2 is 1.00 bits per heavy atom. The number of benzene rings is 2. The van der Waals surface area contributed by atoms with Crippen LogP contribution in [0.3, 0.4) is 0 Å². The smallest absolute Gasteiger partial charge is 0.196 e. The summed E-state index contributed by atoms with van der Waals surface area (Å²) in [5, 5.41) is 0. The van der Waals surface area contributed by atoms with Gasteiger partial charge in [-0.2, -0.15) is 8.73 Å². The summed E-state index contributed by atoms with van der Waals surface area (Å²) in [6.45, 7) is 0. The lowest BCUT2D eigenvalue weighted by molar-refractivity contribution is 0.0980. The van der Waals surface area contributed by atoms with Crippen LogP contribution in [0.1, 0.15) is 31.8 Å². The molecule has 6 nitrogen and oxygen atoms in total. The second-order valence-electron chi connectivity index (χ2n) is 6.60. The van der Waals surface area contributed by atoms with E-state index >= 15 is 0 Å². The minimum Gasteiger partial charge on any atom is -0.288 e. The molecule has 0 unspecified atom stereocenters. The molecule has 3 rings (SSSR count). The third kappa shape index (κ3) is 3.47. The summed E-state index contributed by atoms with van der Waals surface area (Å²) in [6, 6.07) is 9.41. The Balaban J connectivity index is 2.35. The molecule has 0 amide bonds. The molecule has 26 heavy (non-hydrogen) atoms. The monoisotopic (exact) mass is 390 g/mol. The molecule has 0 fully saturated rings. The molecule has 2 aromatic carbocycles. The van der Waals surface area contributed by atoms with Gasteiger partial charge in [-0.05, 0) is 12.1 Å². The van der Waals surface area contributed by atoms with Gasteiger partial charge in [0, 0.05) is 55.6 Å². The molecule has 0 atom stereocenters. The van der Waals surface area contributed by atoms with Gasteiger partial charge in [-0.25, -0.2) is 8.42 Å². The topological polar surface area (TPSA) is 93.0 Å². The minimum absolute atomic E-state index is 0.146. The van der Waals surface area contributed by atoms with E-state index in [0.29, 0.717) is 0 Å². The van der Waals surface area contributed by atoms with Crippen molar-refractivity contribution in [1.82, 2.24) is 0 Å². The van der Waals surface area contributed by atoms with Crippen molar-refractivity contribution in [2.45, 2.75) is 0 Å². The first-order valence-electron chi connectivity index (χ1n) is 7.67. The number of fused-ring (bicyclic) bond motifs is 2. The third-order valence-electron chi connectivity index (χ3n) is 3.66. The maximum Gasteiger partial charge on any atom is 0.196 e. The maximum atomic E-state index is 13.1. The average Bonchev–Trinajstić information content (AvgIpc) is 2.49. The maximum absolute atomic E-state index is 13.1. The fraction of sp³-hybridized carbons (Fsp3) is 0.222. The van der Waals surface area contributed by atoms with Crippen molar-refractivity contribution in [2.75, 3.05) is 25.0 Å². The van der Waals surface area contributed by atoms with E-state index < -0.39 is 19.5 Å². The van der Waals surface area contributed by atoms with E-state index in [2.05, 4.69) is 8.73 Å². The number of carbonyl (C=O) groups is 2. The molecule has 1 aliphatic rings. The van der Waals surface area contributed by atoms with Crippen LogP contribution in [0.5, 0.6) is 0 Å². The van der Waals surface area contributed by atoms with E-state index in [4.69, 9.17) is 0 Å². The second-order valence-corrected chi connectivity index (χ2v) is 11.7. The number of ketones is 2. The van der Waals surface area contributed by atoms with Crippen molar-refractivity contribution in [1.29, 1.82) is 0 Å². The molecule has 2 aromatic rings. The van der Waals surface area contributed by atoms with Gasteiger partial charge in [0.25, 0.3) is 0 Å². The molecule has 136 valence electrons. The fourth-order valence-corrected chi connectivity index (χ4v) is 4.08. The highest BCUT2D eigenvalue weighted by molar-refractivity contribution is 7.92. The summed E-state index contributed by atoms with van der Waals surface area (Å²) >= 11 is 0. The molecule has 0 aliphatic heterocycles. The van der Waals surface area contributed by atoms with E-state index in [-0.39, 0.29) is 45.2 Å². The minimum atomic E-state index is -2.51. The van der Waals surface area contributed by atoms with Gasteiger partial charge in [-0.1, -0.05) is 24.3 Å². The Morgan fingerprint density at radius 1 is 0.654 bits per heavy atom. The summed E-state index contributed by atoms with van der Waals surface area (Å²) in [7, 11) is -5.01. The Kier molecular flexibility index (Phi) is 4.36. The van der Waals surface area contributed by atoms with Crippen LogP contribution in [0.15, 0.2) is 45.1 Å². The number of hydrogen-bond acceptors (Lipinski definition) is 6. The summed E-state index contributed by atoms with van der Waals surface area (Å²) in [5.74, 6) is -0.762. The van der Waals surface area contributed by atoms with Gasteiger partial charge in [-0.15, -0.1) is 0 Å². The highest BCUT2D eigenvalue weighted by atomic mass is 32.2. The van der Waals surface area contributed by atoms with Gasteiger partial charge < -0.3 is 0 Å². The van der Waals surface area contributed by atoms with Crippen LogP contribution in [0.2, 0.25) is 0 Å². The first-order valence-corrected chi connectivity index (χ1v) is 12.3. The van der Waals surface area contributed by atoms with Crippen LogP contribution in [0.25, 0.3) is 0 Å². The predicted molar refractivity (Wildman–Crippen MR) is 104 cm³/mol. The van der Waals surface area contributed by atoms with Crippen LogP contribution in [0, 0.1) is 0 Å². The van der Waals surface area contributed by atoms with Gasteiger partial charge in [-0.3, -0.25) is 9.59 Å². The number of hydrogen-bond donors (Lipinski definition) is 0. The van der Waals surface area contributed by atoms with Crippen molar-refractivity contribution in [3.8, 4) is 0 Å². The molecular weight excluding hydrogens is 372 g/mol. The van der Waals surface area contributed by atoms with Crippen molar-refractivity contribution in [2.24, 2.45) is 8.73 Å². The molecule has 0 radical (unpaired) electrons. The second kappa shape index (κ2) is 6.14. The van der Waals surface area contributed by atoms with E-state index in [1.165, 1.54) is 37.2 Å². The Labute approximate surface area is 153 Å².